The van der Waals surface area contributed by atoms with Gasteiger partial charge in [0.05, 0.1) is 24.1 Å². The van der Waals surface area contributed by atoms with Gasteiger partial charge < -0.3 is 15.0 Å². The fourth-order valence-corrected chi connectivity index (χ4v) is 6.79. The van der Waals surface area contributed by atoms with Gasteiger partial charge in [0.15, 0.2) is 0 Å². The lowest BCUT2D eigenvalue weighted by atomic mass is 9.94. The Morgan fingerprint density at radius 1 is 0.884 bits per heavy atom. The van der Waals surface area contributed by atoms with Crippen molar-refractivity contribution in [2.24, 2.45) is 0 Å². The molecule has 0 amide bonds. The first-order valence-corrected chi connectivity index (χ1v) is 16.1. The molecule has 2 N–H and O–H groups in total. The predicted octanol–water partition coefficient (Wildman–Crippen LogP) is 8.70. The number of nitrogens with one attached hydrogen (secondary N) is 1. The van der Waals surface area contributed by atoms with E-state index >= 15 is 0 Å². The fraction of sp³-hybridized carbons (Fsp3) is 0.333. The summed E-state index contributed by atoms with van der Waals surface area (Å²) < 4.78 is 0. The number of aliphatic carboxylic acids is 1. The van der Waals surface area contributed by atoms with Gasteiger partial charge in [-0.25, -0.2) is 4.98 Å². The molecule has 7 heteroatoms. The number of benzene rings is 3. The van der Waals surface area contributed by atoms with Crippen LogP contribution in [0, 0.1) is 0 Å². The van der Waals surface area contributed by atoms with Gasteiger partial charge >= 0.3 is 5.97 Å². The SMILES string of the molecule is CCC(CC)c1ccc(N(Cc2ccc(-c3ccc(CN(CC(=O)O)Cc4nc5ccccc5[nH]4)s3)cc2)C(C)C)cc1. The van der Waals surface area contributed by atoms with E-state index in [2.05, 4.69) is 103 Å². The second kappa shape index (κ2) is 14.0. The highest BCUT2D eigenvalue weighted by atomic mass is 32.1. The minimum Gasteiger partial charge on any atom is -0.480 e. The first kappa shape index (κ1) is 30.5. The van der Waals surface area contributed by atoms with Crippen LogP contribution in [0.2, 0.25) is 0 Å². The van der Waals surface area contributed by atoms with Crippen LogP contribution < -0.4 is 4.90 Å². The van der Waals surface area contributed by atoms with Crippen molar-refractivity contribution in [3.05, 3.63) is 107 Å². The smallest absolute Gasteiger partial charge is 0.317 e. The van der Waals surface area contributed by atoms with Gasteiger partial charge in [-0.1, -0.05) is 62.4 Å². The van der Waals surface area contributed by atoms with Crippen LogP contribution in [0.1, 0.15) is 68.3 Å². The first-order valence-electron chi connectivity index (χ1n) is 15.2. The number of carboxylic acid groups (broad SMARTS) is 1. The van der Waals surface area contributed by atoms with E-state index in [-0.39, 0.29) is 6.54 Å². The quantitative estimate of drug-likeness (QED) is 0.135. The van der Waals surface area contributed by atoms with Crippen molar-refractivity contribution in [2.45, 2.75) is 72.1 Å². The second-order valence-corrected chi connectivity index (χ2v) is 12.7. The molecule has 0 unspecified atom stereocenters. The van der Waals surface area contributed by atoms with Gasteiger partial charge in [-0.05, 0) is 85.7 Å². The van der Waals surface area contributed by atoms with E-state index in [1.807, 2.05) is 29.2 Å². The Morgan fingerprint density at radius 2 is 1.60 bits per heavy atom. The Kier molecular flexibility index (Phi) is 9.95. The van der Waals surface area contributed by atoms with Crippen molar-refractivity contribution in [1.29, 1.82) is 0 Å². The summed E-state index contributed by atoms with van der Waals surface area (Å²) in [5.74, 6) is 0.553. The number of fused-ring (bicyclic) bond motifs is 1. The number of carboxylic acids is 1. The standard InChI is InChI=1S/C36H42N4O2S/c1-5-27(6-2)28-15-17-30(18-16-28)40(25(3)4)21-26-11-13-29(14-12-26)34-20-19-31(43-34)22-39(24-36(41)42)23-35-37-32-9-7-8-10-33(32)38-35/h7-20,25,27H,5-6,21-24H2,1-4H3,(H,37,38)(H,41,42). The minimum absolute atomic E-state index is 0.0498. The van der Waals surface area contributed by atoms with E-state index in [4.69, 9.17) is 0 Å². The van der Waals surface area contributed by atoms with Crippen LogP contribution in [0.15, 0.2) is 84.9 Å². The Morgan fingerprint density at radius 3 is 2.26 bits per heavy atom. The van der Waals surface area contributed by atoms with E-state index in [1.165, 1.54) is 40.1 Å². The van der Waals surface area contributed by atoms with E-state index in [1.54, 1.807) is 11.3 Å². The van der Waals surface area contributed by atoms with Crippen molar-refractivity contribution in [3.63, 3.8) is 0 Å². The van der Waals surface area contributed by atoms with Crippen LogP contribution in [0.3, 0.4) is 0 Å². The third kappa shape index (κ3) is 7.72. The second-order valence-electron chi connectivity index (χ2n) is 11.5. The number of rotatable bonds is 14. The van der Waals surface area contributed by atoms with E-state index in [9.17, 15) is 9.90 Å². The summed E-state index contributed by atoms with van der Waals surface area (Å²) in [6.45, 7) is 10.8. The number of carbonyl (C=O) groups is 1. The lowest BCUT2D eigenvalue weighted by molar-refractivity contribution is -0.138. The molecule has 0 atom stereocenters. The van der Waals surface area contributed by atoms with Gasteiger partial charge in [0, 0.05) is 34.6 Å². The largest absolute Gasteiger partial charge is 0.480 e. The van der Waals surface area contributed by atoms with Gasteiger partial charge in [0.2, 0.25) is 0 Å². The highest BCUT2D eigenvalue weighted by molar-refractivity contribution is 7.15. The van der Waals surface area contributed by atoms with Crippen LogP contribution >= 0.6 is 11.3 Å². The van der Waals surface area contributed by atoms with Crippen LogP contribution in [0.25, 0.3) is 21.5 Å². The van der Waals surface area contributed by atoms with Gasteiger partial charge in [0.1, 0.15) is 5.82 Å². The highest BCUT2D eigenvalue weighted by Crippen LogP contribution is 2.31. The lowest BCUT2D eigenvalue weighted by Gasteiger charge is -2.30. The monoisotopic (exact) mass is 594 g/mol. The molecule has 2 heterocycles. The Hall–Kier alpha value is -3.94. The summed E-state index contributed by atoms with van der Waals surface area (Å²) >= 11 is 1.71. The maximum Gasteiger partial charge on any atom is 0.317 e. The van der Waals surface area contributed by atoms with Crippen molar-refractivity contribution in [1.82, 2.24) is 14.9 Å². The maximum absolute atomic E-state index is 11.6. The molecule has 0 radical (unpaired) electrons. The Labute approximate surface area is 259 Å². The molecule has 0 saturated carbocycles. The number of hydrogen-bond acceptors (Lipinski definition) is 5. The summed E-state index contributed by atoms with van der Waals surface area (Å²) in [6, 6.07) is 30.5. The molecule has 2 aromatic heterocycles. The summed E-state index contributed by atoms with van der Waals surface area (Å²) in [5.41, 5.74) is 6.98. The molecule has 0 aliphatic rings. The van der Waals surface area contributed by atoms with E-state index < -0.39 is 5.97 Å². The number of anilines is 1. The summed E-state index contributed by atoms with van der Waals surface area (Å²) in [4.78, 5) is 26.3. The zero-order valence-electron chi connectivity index (χ0n) is 25.6. The number of aromatic amines is 1. The number of nitrogens with zero attached hydrogens (tertiary/aromatic N) is 3. The number of H-pyrrole nitrogens is 1. The van der Waals surface area contributed by atoms with Crippen molar-refractivity contribution < 1.29 is 9.90 Å². The molecule has 0 aliphatic heterocycles. The van der Waals surface area contributed by atoms with Crippen LogP contribution in [0.5, 0.6) is 0 Å². The molecule has 224 valence electrons. The average molecular weight is 595 g/mol. The molecule has 6 nitrogen and oxygen atoms in total. The van der Waals surface area contributed by atoms with Crippen LogP contribution in [-0.2, 0) is 24.4 Å². The van der Waals surface area contributed by atoms with Gasteiger partial charge in [-0.3, -0.25) is 9.69 Å². The van der Waals surface area contributed by atoms with Crippen molar-refractivity contribution >= 4 is 34.0 Å². The number of para-hydroxylation sites is 2. The molecule has 0 saturated heterocycles. The molecule has 0 bridgehead atoms. The summed E-state index contributed by atoms with van der Waals surface area (Å²) in [7, 11) is 0. The number of thiophene rings is 1. The summed E-state index contributed by atoms with van der Waals surface area (Å²) in [6.07, 6.45) is 2.34. The zero-order chi connectivity index (χ0) is 30.3. The molecule has 43 heavy (non-hydrogen) atoms. The van der Waals surface area contributed by atoms with E-state index in [0.29, 0.717) is 25.0 Å². The summed E-state index contributed by atoms with van der Waals surface area (Å²) in [5, 5.41) is 9.54. The van der Waals surface area contributed by atoms with Crippen LogP contribution in [0.4, 0.5) is 5.69 Å². The topological polar surface area (TPSA) is 72.5 Å². The van der Waals surface area contributed by atoms with Gasteiger partial charge in [0.25, 0.3) is 0 Å². The third-order valence-corrected chi connectivity index (χ3v) is 9.23. The molecule has 5 aromatic rings. The maximum atomic E-state index is 11.6. The van der Waals surface area contributed by atoms with Crippen LogP contribution in [-0.4, -0.2) is 38.5 Å². The number of hydrogen-bond donors (Lipinski definition) is 2. The molecule has 0 fully saturated rings. The third-order valence-electron chi connectivity index (χ3n) is 8.11. The highest BCUT2D eigenvalue weighted by Gasteiger charge is 2.16. The van der Waals surface area contributed by atoms with Gasteiger partial charge in [-0.15, -0.1) is 11.3 Å². The molecular formula is C36H42N4O2S. The number of aromatic nitrogens is 2. The molecule has 0 aliphatic carbocycles. The number of imidazole rings is 1. The zero-order valence-corrected chi connectivity index (χ0v) is 26.4. The van der Waals surface area contributed by atoms with E-state index in [0.717, 1.165) is 28.3 Å². The minimum atomic E-state index is -0.846. The molecule has 0 spiro atoms. The molecule has 5 rings (SSSR count). The molecular weight excluding hydrogens is 552 g/mol. The lowest BCUT2D eigenvalue weighted by Crippen LogP contribution is -2.30. The predicted molar refractivity (Wildman–Crippen MR) is 179 cm³/mol. The van der Waals surface area contributed by atoms with Crippen molar-refractivity contribution in [2.75, 3.05) is 11.4 Å². The Balaban J connectivity index is 1.25. The fourth-order valence-electron chi connectivity index (χ4n) is 5.73. The van der Waals surface area contributed by atoms with Crippen molar-refractivity contribution in [3.8, 4) is 10.4 Å². The molecule has 3 aromatic carbocycles. The van der Waals surface area contributed by atoms with Gasteiger partial charge in [-0.2, -0.15) is 0 Å². The first-order chi connectivity index (χ1) is 20.8. The Bertz CT molecular complexity index is 1580. The normalized spacial score (nSPS) is 11.7. The average Bonchev–Trinajstić information content (AvgIpc) is 3.63.